The van der Waals surface area contributed by atoms with Crippen molar-refractivity contribution in [2.75, 3.05) is 13.2 Å². The van der Waals surface area contributed by atoms with Crippen molar-refractivity contribution in [3.8, 4) is 5.75 Å². The summed E-state index contributed by atoms with van der Waals surface area (Å²) >= 11 is 8.21. The first kappa shape index (κ1) is 28.5. The van der Waals surface area contributed by atoms with Crippen molar-refractivity contribution < 1.29 is 14.9 Å². The van der Waals surface area contributed by atoms with Gasteiger partial charge in [0, 0.05) is 27.0 Å². The summed E-state index contributed by atoms with van der Waals surface area (Å²) in [5.74, 6) is 0.835. The number of aliphatic hydroxyl groups is 2. The Morgan fingerprint density at radius 1 is 0.882 bits per heavy atom. The molecule has 4 nitrogen and oxygen atoms in total. The van der Waals surface area contributed by atoms with E-state index in [1.165, 1.54) is 0 Å². The van der Waals surface area contributed by atoms with Crippen molar-refractivity contribution in [1.29, 1.82) is 0 Å². The molecule has 3 aromatic carbocycles. The van der Waals surface area contributed by atoms with E-state index in [0.717, 1.165) is 44.5 Å². The van der Waals surface area contributed by atoms with Crippen molar-refractivity contribution in [3.05, 3.63) is 88.9 Å². The lowest BCUT2D eigenvalue weighted by Gasteiger charge is -2.27. The maximum absolute atomic E-state index is 9.61. The van der Waals surface area contributed by atoms with Gasteiger partial charge in [-0.2, -0.15) is 0 Å². The summed E-state index contributed by atoms with van der Waals surface area (Å²) in [6.07, 6.45) is 3.52. The number of ether oxygens (including phenoxy) is 1. The quantitative estimate of drug-likeness (QED) is 0.247. The van der Waals surface area contributed by atoms with E-state index >= 15 is 0 Å². The molecule has 4 N–H and O–H groups in total. The summed E-state index contributed by atoms with van der Waals surface area (Å²) in [4.78, 5) is 2.15. The van der Waals surface area contributed by atoms with Crippen LogP contribution in [0.15, 0.2) is 82.6 Å². The highest BCUT2D eigenvalue weighted by Gasteiger charge is 2.23. The van der Waals surface area contributed by atoms with E-state index in [2.05, 4.69) is 30.3 Å². The van der Waals surface area contributed by atoms with Crippen molar-refractivity contribution >= 4 is 35.8 Å². The Bertz CT molecular complexity index is 1010. The fraction of sp³-hybridized carbons (Fsp3) is 0.333. The molecule has 3 aromatic rings. The minimum absolute atomic E-state index is 0. The summed E-state index contributed by atoms with van der Waals surface area (Å²) in [6, 6.07) is 24.3. The smallest absolute Gasteiger partial charge is 0.120 e. The molecule has 34 heavy (non-hydrogen) atoms. The van der Waals surface area contributed by atoms with Crippen LogP contribution in [0.25, 0.3) is 0 Å². The molecule has 0 spiro atoms. The van der Waals surface area contributed by atoms with Crippen LogP contribution >= 0.6 is 35.8 Å². The minimum Gasteiger partial charge on any atom is -0.489 e. The van der Waals surface area contributed by atoms with Gasteiger partial charge in [-0.25, -0.2) is 0 Å². The van der Waals surface area contributed by atoms with Crippen molar-refractivity contribution in [2.24, 2.45) is 5.73 Å². The Morgan fingerprint density at radius 2 is 1.62 bits per heavy atom. The first-order valence-corrected chi connectivity index (χ1v) is 12.4. The number of aryl methyl sites for hydroxylation is 1. The van der Waals surface area contributed by atoms with Gasteiger partial charge < -0.3 is 20.7 Å². The molecule has 1 unspecified atom stereocenters. The zero-order chi connectivity index (χ0) is 23.5. The lowest BCUT2D eigenvalue weighted by Crippen LogP contribution is -2.43. The van der Waals surface area contributed by atoms with Crippen LogP contribution in [0, 0.1) is 0 Å². The monoisotopic (exact) mass is 521 g/mol. The summed E-state index contributed by atoms with van der Waals surface area (Å²) in [5.41, 5.74) is 7.82. The Balaban J connectivity index is 0.00000408. The average Bonchev–Trinajstić information content (AvgIpc) is 2.84. The second-order valence-electron chi connectivity index (χ2n) is 8.31. The molecular formula is C27H33Cl2NO3S. The van der Waals surface area contributed by atoms with E-state index in [9.17, 15) is 5.11 Å². The Labute approximate surface area is 217 Å². The van der Waals surface area contributed by atoms with Crippen LogP contribution in [-0.4, -0.2) is 29.0 Å². The first-order valence-electron chi connectivity index (χ1n) is 11.2. The molecule has 0 aromatic heterocycles. The van der Waals surface area contributed by atoms with Crippen LogP contribution in [0.1, 0.15) is 36.8 Å². The van der Waals surface area contributed by atoms with Gasteiger partial charge in [0.1, 0.15) is 12.4 Å². The van der Waals surface area contributed by atoms with E-state index in [4.69, 9.17) is 27.2 Å². The molecule has 0 aliphatic rings. The first-order chi connectivity index (χ1) is 16.0. The van der Waals surface area contributed by atoms with Crippen LogP contribution in [0.3, 0.4) is 0 Å². The number of hydrogen-bond donors (Lipinski definition) is 3. The second kappa shape index (κ2) is 14.6. The van der Waals surface area contributed by atoms with E-state index < -0.39 is 5.54 Å². The highest BCUT2D eigenvalue weighted by atomic mass is 35.5. The predicted octanol–water partition coefficient (Wildman–Crippen LogP) is 6.28. The number of nitrogens with two attached hydrogens (primary N) is 1. The number of aliphatic hydroxyl groups excluding tert-OH is 2. The van der Waals surface area contributed by atoms with Gasteiger partial charge in [0.15, 0.2) is 0 Å². The van der Waals surface area contributed by atoms with Crippen LogP contribution in [0.2, 0.25) is 5.02 Å². The van der Waals surface area contributed by atoms with Gasteiger partial charge in [0.05, 0.1) is 6.61 Å². The number of hydrogen-bond acceptors (Lipinski definition) is 5. The Hall–Kier alpha value is -1.73. The third-order valence-electron chi connectivity index (χ3n) is 5.58. The van der Waals surface area contributed by atoms with Gasteiger partial charge in [-0.3, -0.25) is 0 Å². The SMILES string of the molecule is Cl.NC(CO)(CCCO)CCCc1ccc(Sc2cccc(OCc3ccccc3)c2)cc1Cl. The molecule has 3 rings (SSSR count). The molecule has 1 atom stereocenters. The molecular weight excluding hydrogens is 489 g/mol. The zero-order valence-corrected chi connectivity index (χ0v) is 21.5. The van der Waals surface area contributed by atoms with Crippen molar-refractivity contribution in [2.45, 2.75) is 54.0 Å². The molecule has 0 fully saturated rings. The van der Waals surface area contributed by atoms with Crippen molar-refractivity contribution in [3.63, 3.8) is 0 Å². The topological polar surface area (TPSA) is 75.7 Å². The average molecular weight is 523 g/mol. The van der Waals surface area contributed by atoms with Gasteiger partial charge >= 0.3 is 0 Å². The molecule has 184 valence electrons. The van der Waals surface area contributed by atoms with Gasteiger partial charge in [-0.05, 0) is 73.6 Å². The fourth-order valence-electron chi connectivity index (χ4n) is 3.64. The third kappa shape index (κ3) is 9.14. The van der Waals surface area contributed by atoms with Gasteiger partial charge in [0.2, 0.25) is 0 Å². The summed E-state index contributed by atoms with van der Waals surface area (Å²) in [6.45, 7) is 0.548. The highest BCUT2D eigenvalue weighted by Crippen LogP contribution is 2.33. The molecule has 0 radical (unpaired) electrons. The Morgan fingerprint density at radius 3 is 2.32 bits per heavy atom. The van der Waals surface area contributed by atoms with Crippen LogP contribution < -0.4 is 10.5 Å². The molecule has 7 heteroatoms. The van der Waals surface area contributed by atoms with Gasteiger partial charge in [-0.15, -0.1) is 12.4 Å². The lowest BCUT2D eigenvalue weighted by molar-refractivity contribution is 0.162. The van der Waals surface area contributed by atoms with Crippen LogP contribution in [-0.2, 0) is 13.0 Å². The van der Waals surface area contributed by atoms with E-state index in [0.29, 0.717) is 25.9 Å². The fourth-order valence-corrected chi connectivity index (χ4v) is 4.89. The minimum atomic E-state index is -0.640. The Kier molecular flexibility index (Phi) is 12.3. The third-order valence-corrected chi connectivity index (χ3v) is 6.91. The van der Waals surface area contributed by atoms with Crippen LogP contribution in [0.4, 0.5) is 0 Å². The standard InChI is InChI=1S/C27H32ClNO3S.ClH/c28-26-18-25(13-12-22(26)9-5-14-27(29,20-31)15-6-16-30)33-24-11-4-10-23(17-24)32-19-21-7-2-1-3-8-21;/h1-4,7-8,10-13,17-18,30-31H,5-6,9,14-16,19-20,29H2;1H. The van der Waals surface area contributed by atoms with Crippen LogP contribution in [0.5, 0.6) is 5.75 Å². The molecule has 0 saturated carbocycles. The van der Waals surface area contributed by atoms with Gasteiger partial charge in [-0.1, -0.05) is 65.8 Å². The molecule has 0 saturated heterocycles. The molecule has 0 amide bonds. The second-order valence-corrected chi connectivity index (χ2v) is 9.86. The van der Waals surface area contributed by atoms with Crippen molar-refractivity contribution in [1.82, 2.24) is 0 Å². The number of rotatable bonds is 13. The number of halogens is 2. The van der Waals surface area contributed by atoms with E-state index in [1.54, 1.807) is 11.8 Å². The maximum Gasteiger partial charge on any atom is 0.120 e. The van der Waals surface area contributed by atoms with Gasteiger partial charge in [0.25, 0.3) is 0 Å². The predicted molar refractivity (Wildman–Crippen MR) is 143 cm³/mol. The molecule has 0 aliphatic heterocycles. The largest absolute Gasteiger partial charge is 0.489 e. The highest BCUT2D eigenvalue weighted by molar-refractivity contribution is 7.99. The molecule has 0 heterocycles. The lowest BCUT2D eigenvalue weighted by atomic mass is 9.89. The summed E-state index contributed by atoms with van der Waals surface area (Å²) in [5, 5.41) is 19.4. The maximum atomic E-state index is 9.61. The van der Waals surface area contributed by atoms with E-state index in [-0.39, 0.29) is 25.6 Å². The molecule has 0 aliphatic carbocycles. The normalized spacial score (nSPS) is 12.6. The van der Waals surface area contributed by atoms with E-state index in [1.807, 2.05) is 42.5 Å². The molecule has 0 bridgehead atoms. The summed E-state index contributed by atoms with van der Waals surface area (Å²) in [7, 11) is 0. The summed E-state index contributed by atoms with van der Waals surface area (Å²) < 4.78 is 5.94. The number of benzene rings is 3. The zero-order valence-electron chi connectivity index (χ0n) is 19.2.